The van der Waals surface area contributed by atoms with E-state index in [1.807, 2.05) is 0 Å². The van der Waals surface area contributed by atoms with Gasteiger partial charge in [-0.3, -0.25) is 4.90 Å². The highest BCUT2D eigenvalue weighted by atomic mass is 15.3. The number of hydrogen-bond donors (Lipinski definition) is 0. The first-order valence-corrected chi connectivity index (χ1v) is 4.17. The zero-order valence-corrected chi connectivity index (χ0v) is 6.14. The molecule has 1 nitrogen and oxygen atoms in total. The molecule has 1 aliphatic heterocycles. The fourth-order valence-electron chi connectivity index (χ4n) is 1.79. The van der Waals surface area contributed by atoms with Crippen molar-refractivity contribution < 1.29 is 0 Å². The van der Waals surface area contributed by atoms with Crippen molar-refractivity contribution >= 4 is 0 Å². The number of likely N-dealkylation sites (tertiary alicyclic amines) is 1. The van der Waals surface area contributed by atoms with E-state index in [-0.39, 0.29) is 0 Å². The summed E-state index contributed by atoms with van der Waals surface area (Å²) in [5, 5.41) is 0. The van der Waals surface area contributed by atoms with Gasteiger partial charge in [-0.25, -0.2) is 0 Å². The first-order valence-electron chi connectivity index (χ1n) is 4.17. The van der Waals surface area contributed by atoms with Crippen molar-refractivity contribution in [2.24, 2.45) is 0 Å². The molecule has 52 valence electrons. The molecule has 1 heteroatoms. The van der Waals surface area contributed by atoms with E-state index < -0.39 is 0 Å². The van der Waals surface area contributed by atoms with Gasteiger partial charge < -0.3 is 0 Å². The average Bonchev–Trinajstić information content (AvgIpc) is 2.48. The Morgan fingerprint density at radius 3 is 2.44 bits per heavy atom. The van der Waals surface area contributed by atoms with Crippen LogP contribution in [0.15, 0.2) is 0 Å². The standard InChI is InChI=1S/C8H15N/c1-2-7-5-6-9(7)8-3-4-8/h7-8H,2-6H2,1H3/t7-/m0/s1. The van der Waals surface area contributed by atoms with Gasteiger partial charge in [-0.15, -0.1) is 0 Å². The summed E-state index contributed by atoms with van der Waals surface area (Å²) >= 11 is 0. The van der Waals surface area contributed by atoms with Crippen LogP contribution in [0.2, 0.25) is 0 Å². The smallest absolute Gasteiger partial charge is 0.0108 e. The zero-order valence-electron chi connectivity index (χ0n) is 6.14. The van der Waals surface area contributed by atoms with Gasteiger partial charge in [0.25, 0.3) is 0 Å². The van der Waals surface area contributed by atoms with Gasteiger partial charge >= 0.3 is 0 Å². The highest BCUT2D eigenvalue weighted by Gasteiger charge is 2.37. The van der Waals surface area contributed by atoms with Crippen molar-refractivity contribution in [3.05, 3.63) is 0 Å². The fraction of sp³-hybridized carbons (Fsp3) is 1.00. The normalized spacial score (nSPS) is 36.3. The van der Waals surface area contributed by atoms with Crippen LogP contribution in [-0.4, -0.2) is 23.5 Å². The molecule has 2 rings (SSSR count). The molecule has 9 heavy (non-hydrogen) atoms. The molecule has 0 unspecified atom stereocenters. The second kappa shape index (κ2) is 1.98. The maximum atomic E-state index is 2.68. The molecule has 0 amide bonds. The molecule has 0 spiro atoms. The lowest BCUT2D eigenvalue weighted by Crippen LogP contribution is -2.48. The summed E-state index contributed by atoms with van der Waals surface area (Å²) in [6.07, 6.45) is 5.80. The molecule has 2 fully saturated rings. The Kier molecular flexibility index (Phi) is 1.26. The topological polar surface area (TPSA) is 3.24 Å². The molecule has 1 aliphatic carbocycles. The lowest BCUT2D eigenvalue weighted by Gasteiger charge is -2.40. The quantitative estimate of drug-likeness (QED) is 0.542. The number of rotatable bonds is 2. The van der Waals surface area contributed by atoms with E-state index in [0.29, 0.717) is 0 Å². The van der Waals surface area contributed by atoms with Gasteiger partial charge in [0, 0.05) is 18.6 Å². The zero-order chi connectivity index (χ0) is 6.27. The largest absolute Gasteiger partial charge is 0.297 e. The third-order valence-corrected chi connectivity index (χ3v) is 2.68. The van der Waals surface area contributed by atoms with Gasteiger partial charge in [0.1, 0.15) is 0 Å². The Morgan fingerprint density at radius 2 is 2.11 bits per heavy atom. The van der Waals surface area contributed by atoms with E-state index >= 15 is 0 Å². The van der Waals surface area contributed by atoms with E-state index in [1.165, 1.54) is 32.2 Å². The molecule has 1 saturated carbocycles. The predicted molar refractivity (Wildman–Crippen MR) is 38.4 cm³/mol. The highest BCUT2D eigenvalue weighted by Crippen LogP contribution is 2.35. The molecule has 1 heterocycles. The summed E-state index contributed by atoms with van der Waals surface area (Å²) < 4.78 is 0. The van der Waals surface area contributed by atoms with Gasteiger partial charge in [-0.1, -0.05) is 6.92 Å². The minimum absolute atomic E-state index is 0.970. The van der Waals surface area contributed by atoms with Gasteiger partial charge in [0.2, 0.25) is 0 Å². The van der Waals surface area contributed by atoms with Crippen LogP contribution in [0.25, 0.3) is 0 Å². The monoisotopic (exact) mass is 125 g/mol. The van der Waals surface area contributed by atoms with Crippen molar-refractivity contribution in [1.82, 2.24) is 4.90 Å². The maximum Gasteiger partial charge on any atom is 0.0108 e. The molecule has 0 aromatic heterocycles. The Balaban J connectivity index is 1.83. The average molecular weight is 125 g/mol. The van der Waals surface area contributed by atoms with E-state index in [2.05, 4.69) is 11.8 Å². The Hall–Kier alpha value is -0.0400. The molecule has 0 aromatic carbocycles. The van der Waals surface area contributed by atoms with Gasteiger partial charge in [0.15, 0.2) is 0 Å². The molecule has 1 atom stereocenters. The summed E-state index contributed by atoms with van der Waals surface area (Å²) in [4.78, 5) is 2.68. The van der Waals surface area contributed by atoms with E-state index in [4.69, 9.17) is 0 Å². The number of hydrogen-bond acceptors (Lipinski definition) is 1. The Labute approximate surface area is 57.0 Å². The van der Waals surface area contributed by atoms with E-state index in [9.17, 15) is 0 Å². The Morgan fingerprint density at radius 1 is 1.33 bits per heavy atom. The van der Waals surface area contributed by atoms with Crippen LogP contribution in [-0.2, 0) is 0 Å². The molecule has 0 radical (unpaired) electrons. The summed E-state index contributed by atoms with van der Waals surface area (Å²) in [7, 11) is 0. The Bertz CT molecular complexity index is 105. The minimum atomic E-state index is 0.970. The summed E-state index contributed by atoms with van der Waals surface area (Å²) in [6.45, 7) is 3.70. The van der Waals surface area contributed by atoms with Crippen molar-refractivity contribution in [2.75, 3.05) is 6.54 Å². The highest BCUT2D eigenvalue weighted by molar-refractivity contribution is 4.94. The second-order valence-electron chi connectivity index (χ2n) is 3.32. The lowest BCUT2D eigenvalue weighted by atomic mass is 10.0. The minimum Gasteiger partial charge on any atom is -0.297 e. The molecule has 0 bridgehead atoms. The predicted octanol–water partition coefficient (Wildman–Crippen LogP) is 1.63. The summed E-state index contributed by atoms with van der Waals surface area (Å²) in [5.41, 5.74) is 0. The first-order chi connectivity index (χ1) is 4.42. The molecule has 1 saturated heterocycles. The summed E-state index contributed by atoms with van der Waals surface area (Å²) in [5.74, 6) is 0. The van der Waals surface area contributed by atoms with Gasteiger partial charge in [-0.2, -0.15) is 0 Å². The SMILES string of the molecule is CC[C@H]1CCN1C1CC1. The van der Waals surface area contributed by atoms with Crippen molar-refractivity contribution in [3.8, 4) is 0 Å². The van der Waals surface area contributed by atoms with Crippen molar-refractivity contribution in [1.29, 1.82) is 0 Å². The molecule has 0 N–H and O–H groups in total. The van der Waals surface area contributed by atoms with Crippen LogP contribution < -0.4 is 0 Å². The van der Waals surface area contributed by atoms with Crippen LogP contribution in [0.4, 0.5) is 0 Å². The number of nitrogens with zero attached hydrogens (tertiary/aromatic N) is 1. The second-order valence-corrected chi connectivity index (χ2v) is 3.32. The molecule has 0 aromatic rings. The first kappa shape index (κ1) is 5.72. The summed E-state index contributed by atoms with van der Waals surface area (Å²) in [6, 6.07) is 1.99. The molecule has 2 aliphatic rings. The third kappa shape index (κ3) is 0.877. The van der Waals surface area contributed by atoms with E-state index in [0.717, 1.165) is 12.1 Å². The van der Waals surface area contributed by atoms with Crippen LogP contribution in [0.5, 0.6) is 0 Å². The van der Waals surface area contributed by atoms with Crippen molar-refractivity contribution in [3.63, 3.8) is 0 Å². The fourth-order valence-corrected chi connectivity index (χ4v) is 1.79. The van der Waals surface area contributed by atoms with E-state index in [1.54, 1.807) is 0 Å². The lowest BCUT2D eigenvalue weighted by molar-refractivity contribution is 0.0785. The maximum absolute atomic E-state index is 2.68. The van der Waals surface area contributed by atoms with Crippen molar-refractivity contribution in [2.45, 2.75) is 44.7 Å². The van der Waals surface area contributed by atoms with Crippen LogP contribution in [0.1, 0.15) is 32.6 Å². The van der Waals surface area contributed by atoms with Gasteiger partial charge in [-0.05, 0) is 25.7 Å². The van der Waals surface area contributed by atoms with Gasteiger partial charge in [0.05, 0.1) is 0 Å². The molecular formula is C8H15N. The molecular weight excluding hydrogens is 110 g/mol. The third-order valence-electron chi connectivity index (χ3n) is 2.68. The van der Waals surface area contributed by atoms with Crippen LogP contribution in [0.3, 0.4) is 0 Å². The van der Waals surface area contributed by atoms with Crippen LogP contribution >= 0.6 is 0 Å². The van der Waals surface area contributed by atoms with Crippen LogP contribution in [0, 0.1) is 0 Å².